The van der Waals surface area contributed by atoms with Crippen molar-refractivity contribution in [3.63, 3.8) is 0 Å². The first kappa shape index (κ1) is 21.9. The summed E-state index contributed by atoms with van der Waals surface area (Å²) in [5.74, 6) is 0.648. The van der Waals surface area contributed by atoms with Crippen molar-refractivity contribution in [1.82, 2.24) is 29.9 Å². The maximum atomic E-state index is 8.90. The van der Waals surface area contributed by atoms with E-state index in [-0.39, 0.29) is 76.1 Å². The smallest absolute Gasteiger partial charge is 0.231 e. The molecule has 17 heteroatoms. The van der Waals surface area contributed by atoms with E-state index in [2.05, 4.69) is 61.8 Å². The van der Waals surface area contributed by atoms with Crippen LogP contribution in [0.4, 0.5) is 35.7 Å². The molecule has 0 bridgehead atoms. The van der Waals surface area contributed by atoms with E-state index in [1.165, 1.54) is 0 Å². The molecule has 2 aromatic rings. The van der Waals surface area contributed by atoms with E-state index in [9.17, 15) is 0 Å². The molecule has 2 rings (SSSR count). The van der Waals surface area contributed by atoms with E-state index in [1.54, 1.807) is 0 Å². The van der Waals surface area contributed by atoms with Gasteiger partial charge in [0, 0.05) is 0 Å². The van der Waals surface area contributed by atoms with Gasteiger partial charge in [0.15, 0.2) is 0 Å². The SMILES string of the molecule is OCNc1nc(NCO)nc(NCOCNc2nc(NCO)nc(NCO)n2)n1. The molecule has 0 spiro atoms. The summed E-state index contributed by atoms with van der Waals surface area (Å²) in [7, 11) is 0. The van der Waals surface area contributed by atoms with Gasteiger partial charge in [0.1, 0.15) is 40.4 Å². The Balaban J connectivity index is 1.86. The fourth-order valence-electron chi connectivity index (χ4n) is 1.79. The Hall–Kier alpha value is -3.38. The molecule has 0 aromatic carbocycles. The van der Waals surface area contributed by atoms with Crippen molar-refractivity contribution in [2.24, 2.45) is 0 Å². The van der Waals surface area contributed by atoms with Gasteiger partial charge < -0.3 is 57.1 Å². The molecule has 0 saturated carbocycles. The third-order valence-electron chi connectivity index (χ3n) is 2.88. The number of nitrogens with zero attached hydrogens (tertiary/aromatic N) is 6. The molecule has 0 atom stereocenters. The molecule has 0 radical (unpaired) electrons. The van der Waals surface area contributed by atoms with Crippen molar-refractivity contribution >= 4 is 35.7 Å². The van der Waals surface area contributed by atoms with Gasteiger partial charge in [0.2, 0.25) is 35.7 Å². The largest absolute Gasteiger partial charge is 0.376 e. The minimum Gasteiger partial charge on any atom is -0.376 e. The van der Waals surface area contributed by atoms with Crippen LogP contribution in [-0.2, 0) is 4.74 Å². The summed E-state index contributed by atoms with van der Waals surface area (Å²) in [5.41, 5.74) is 0. The molecule has 29 heavy (non-hydrogen) atoms. The summed E-state index contributed by atoms with van der Waals surface area (Å²) in [6, 6.07) is 0. The standard InChI is InChI=1S/C12H22N12O5/c25-1-13-7-19-8(14-2-26)22-11(21-7)17-5-29-6-18-12-23-9(15-3-27)20-10(24-12)16-4-28/h25-28H,1-6H2,(H3,13,14,17,19,21,22)(H3,15,16,18,20,23,24). The Kier molecular flexibility index (Phi) is 9.18. The molecule has 17 nitrogen and oxygen atoms in total. The molecule has 0 amide bonds. The molecule has 0 aliphatic rings. The Labute approximate surface area is 164 Å². The third-order valence-corrected chi connectivity index (χ3v) is 2.88. The topological polar surface area (TPSA) is 240 Å². The highest BCUT2D eigenvalue weighted by Gasteiger charge is 2.07. The number of aromatic nitrogens is 6. The number of aliphatic hydroxyl groups is 4. The Morgan fingerprint density at radius 3 is 0.931 bits per heavy atom. The van der Waals surface area contributed by atoms with E-state index in [1.807, 2.05) is 0 Å². The first-order valence-corrected chi connectivity index (χ1v) is 8.15. The zero-order chi connectivity index (χ0) is 20.9. The molecule has 160 valence electrons. The highest BCUT2D eigenvalue weighted by molar-refractivity contribution is 5.42. The van der Waals surface area contributed by atoms with Crippen LogP contribution >= 0.6 is 0 Å². The van der Waals surface area contributed by atoms with E-state index >= 15 is 0 Å². The van der Waals surface area contributed by atoms with E-state index in [4.69, 9.17) is 25.2 Å². The number of hydrogen-bond donors (Lipinski definition) is 10. The second-order valence-corrected chi connectivity index (χ2v) is 4.80. The van der Waals surface area contributed by atoms with E-state index < -0.39 is 0 Å². The fourth-order valence-corrected chi connectivity index (χ4v) is 1.79. The lowest BCUT2D eigenvalue weighted by atomic mass is 10.8. The summed E-state index contributed by atoms with van der Waals surface area (Å²) in [5, 5.41) is 51.2. The number of rotatable bonds is 14. The Bertz CT molecular complexity index is 643. The molecule has 0 saturated heterocycles. The van der Waals surface area contributed by atoms with Gasteiger partial charge in [0.25, 0.3) is 0 Å². The van der Waals surface area contributed by atoms with Crippen molar-refractivity contribution in [3.05, 3.63) is 0 Å². The normalized spacial score (nSPS) is 10.3. The summed E-state index contributed by atoms with van der Waals surface area (Å²) in [6.45, 7) is -1.54. The molecule has 2 aromatic heterocycles. The zero-order valence-electron chi connectivity index (χ0n) is 15.1. The van der Waals surface area contributed by atoms with Gasteiger partial charge in [-0.25, -0.2) is 0 Å². The summed E-state index contributed by atoms with van der Waals surface area (Å²) in [6.07, 6.45) is 0. The number of anilines is 6. The van der Waals surface area contributed by atoms with Crippen LogP contribution in [0.2, 0.25) is 0 Å². The first-order valence-electron chi connectivity index (χ1n) is 8.15. The van der Waals surface area contributed by atoms with Crippen LogP contribution in [0.5, 0.6) is 0 Å². The summed E-state index contributed by atoms with van der Waals surface area (Å²) < 4.78 is 5.34. The van der Waals surface area contributed by atoms with Gasteiger partial charge in [-0.15, -0.1) is 0 Å². The van der Waals surface area contributed by atoms with Crippen LogP contribution in [0.1, 0.15) is 0 Å². The molecule has 0 fully saturated rings. The maximum absolute atomic E-state index is 8.90. The van der Waals surface area contributed by atoms with Crippen molar-refractivity contribution < 1.29 is 25.2 Å². The van der Waals surface area contributed by atoms with Gasteiger partial charge >= 0.3 is 0 Å². The summed E-state index contributed by atoms with van der Waals surface area (Å²) in [4.78, 5) is 23.8. The van der Waals surface area contributed by atoms with Crippen molar-refractivity contribution in [2.75, 3.05) is 72.3 Å². The quantitative estimate of drug-likeness (QED) is 0.109. The lowest BCUT2D eigenvalue weighted by Gasteiger charge is -2.11. The molecule has 0 aliphatic heterocycles. The number of hydrogen-bond acceptors (Lipinski definition) is 17. The van der Waals surface area contributed by atoms with Crippen molar-refractivity contribution in [3.8, 4) is 0 Å². The minimum atomic E-state index is -0.380. The molecule has 10 N–H and O–H groups in total. The second kappa shape index (κ2) is 12.2. The average Bonchev–Trinajstić information content (AvgIpc) is 2.68. The Morgan fingerprint density at radius 2 is 0.690 bits per heavy atom. The van der Waals surface area contributed by atoms with E-state index in [0.29, 0.717) is 0 Å². The van der Waals surface area contributed by atoms with Gasteiger partial charge in [-0.05, 0) is 0 Å². The number of aliphatic hydroxyl groups excluding tert-OH is 4. The molecular weight excluding hydrogens is 392 g/mol. The number of nitrogens with one attached hydrogen (secondary N) is 6. The molecular formula is C12H22N12O5. The highest BCUT2D eigenvalue weighted by atomic mass is 16.5. The molecule has 0 aliphatic carbocycles. The van der Waals surface area contributed by atoms with Crippen LogP contribution in [0.15, 0.2) is 0 Å². The first-order chi connectivity index (χ1) is 14.2. The van der Waals surface area contributed by atoms with Crippen molar-refractivity contribution in [1.29, 1.82) is 0 Å². The lowest BCUT2D eigenvalue weighted by Crippen LogP contribution is -2.18. The minimum absolute atomic E-state index is 0.0112. The van der Waals surface area contributed by atoms with Gasteiger partial charge in [-0.3, -0.25) is 0 Å². The van der Waals surface area contributed by atoms with E-state index in [0.717, 1.165) is 0 Å². The predicted molar refractivity (Wildman–Crippen MR) is 101 cm³/mol. The predicted octanol–water partition coefficient (Wildman–Crippen LogP) is -3.04. The second-order valence-electron chi connectivity index (χ2n) is 4.80. The lowest BCUT2D eigenvalue weighted by molar-refractivity contribution is 0.170. The Morgan fingerprint density at radius 1 is 0.448 bits per heavy atom. The maximum Gasteiger partial charge on any atom is 0.231 e. The van der Waals surface area contributed by atoms with Gasteiger partial charge in [-0.1, -0.05) is 0 Å². The highest BCUT2D eigenvalue weighted by Crippen LogP contribution is 2.10. The molecule has 2 heterocycles. The monoisotopic (exact) mass is 414 g/mol. The fraction of sp³-hybridized carbons (Fsp3) is 0.500. The zero-order valence-corrected chi connectivity index (χ0v) is 15.1. The molecule has 0 unspecified atom stereocenters. The van der Waals surface area contributed by atoms with Crippen LogP contribution in [0, 0.1) is 0 Å². The van der Waals surface area contributed by atoms with Crippen LogP contribution in [0.3, 0.4) is 0 Å². The van der Waals surface area contributed by atoms with Gasteiger partial charge in [-0.2, -0.15) is 29.9 Å². The average molecular weight is 414 g/mol. The summed E-state index contributed by atoms with van der Waals surface area (Å²) >= 11 is 0. The van der Waals surface area contributed by atoms with Crippen LogP contribution < -0.4 is 31.9 Å². The van der Waals surface area contributed by atoms with Crippen LogP contribution in [0.25, 0.3) is 0 Å². The van der Waals surface area contributed by atoms with Crippen LogP contribution in [-0.4, -0.2) is 90.7 Å². The van der Waals surface area contributed by atoms with Crippen molar-refractivity contribution in [2.45, 2.75) is 0 Å². The number of ether oxygens (including phenoxy) is 1. The third kappa shape index (κ3) is 7.63. The van der Waals surface area contributed by atoms with Gasteiger partial charge in [0.05, 0.1) is 0 Å².